The molecule has 1 saturated carbocycles. The number of nitrogens with one attached hydrogen (secondary N) is 2. The molecule has 1 aromatic rings. The highest BCUT2D eigenvalue weighted by molar-refractivity contribution is 5.75. The van der Waals surface area contributed by atoms with Gasteiger partial charge in [0, 0.05) is 12.6 Å². The average molecular weight is 334 g/mol. The molecule has 0 aromatic heterocycles. The third kappa shape index (κ3) is 5.53. The van der Waals surface area contributed by atoms with Crippen molar-refractivity contribution in [1.29, 1.82) is 0 Å². The summed E-state index contributed by atoms with van der Waals surface area (Å²) in [6.07, 6.45) is 3.87. The van der Waals surface area contributed by atoms with Crippen molar-refractivity contribution in [2.45, 2.75) is 50.6 Å². The highest BCUT2D eigenvalue weighted by Crippen LogP contribution is 2.24. The van der Waals surface area contributed by atoms with Gasteiger partial charge in [-0.2, -0.15) is 0 Å². The molecule has 0 saturated heterocycles. The summed E-state index contributed by atoms with van der Waals surface area (Å²) in [6, 6.07) is 9.33. The van der Waals surface area contributed by atoms with E-state index in [0.29, 0.717) is 38.5 Å². The lowest BCUT2D eigenvalue weighted by Gasteiger charge is -2.28. The van der Waals surface area contributed by atoms with Crippen molar-refractivity contribution in [3.63, 3.8) is 0 Å². The number of carboxylic acids is 1. The largest absolute Gasteiger partial charge is 0.481 e. The molecule has 0 aliphatic heterocycles. The van der Waals surface area contributed by atoms with Gasteiger partial charge in [-0.15, -0.1) is 0 Å². The first kappa shape index (κ1) is 18.3. The minimum atomic E-state index is -0.744. The van der Waals surface area contributed by atoms with Gasteiger partial charge in [0.05, 0.1) is 12.0 Å². The van der Waals surface area contributed by atoms with Gasteiger partial charge in [0.1, 0.15) is 0 Å². The fourth-order valence-electron chi connectivity index (χ4n) is 3.17. The maximum absolute atomic E-state index is 12.3. The van der Waals surface area contributed by atoms with Crippen LogP contribution in [0.2, 0.25) is 0 Å². The zero-order chi connectivity index (χ0) is 17.4. The number of carboxylic acid groups (broad SMARTS) is 1. The Morgan fingerprint density at radius 1 is 1.12 bits per heavy atom. The van der Waals surface area contributed by atoms with E-state index in [1.807, 2.05) is 30.3 Å². The van der Waals surface area contributed by atoms with Gasteiger partial charge in [-0.25, -0.2) is 4.79 Å². The number of carbonyl (C=O) groups is 2. The van der Waals surface area contributed by atoms with E-state index >= 15 is 0 Å². The second-order valence-electron chi connectivity index (χ2n) is 6.33. The average Bonchev–Trinajstić information content (AvgIpc) is 2.59. The number of hydrogen-bond acceptors (Lipinski definition) is 3. The molecule has 1 aliphatic carbocycles. The number of hydrogen-bond donors (Lipinski definition) is 4. The van der Waals surface area contributed by atoms with Crippen LogP contribution in [0.4, 0.5) is 4.79 Å². The van der Waals surface area contributed by atoms with Crippen molar-refractivity contribution in [3.8, 4) is 0 Å². The number of aliphatic hydroxyl groups is 1. The van der Waals surface area contributed by atoms with Crippen LogP contribution in [-0.2, 0) is 4.79 Å². The summed E-state index contributed by atoms with van der Waals surface area (Å²) in [5, 5.41) is 24.0. The van der Waals surface area contributed by atoms with Crippen molar-refractivity contribution in [2.75, 3.05) is 6.61 Å². The summed E-state index contributed by atoms with van der Waals surface area (Å²) < 4.78 is 0. The van der Waals surface area contributed by atoms with Gasteiger partial charge in [0.25, 0.3) is 0 Å². The summed E-state index contributed by atoms with van der Waals surface area (Å²) in [7, 11) is 0. The fraction of sp³-hybridized carbons (Fsp3) is 0.556. The Kier molecular flexibility index (Phi) is 7.06. The normalized spacial score (nSPS) is 21.7. The van der Waals surface area contributed by atoms with E-state index in [2.05, 4.69) is 10.6 Å². The second-order valence-corrected chi connectivity index (χ2v) is 6.33. The molecule has 1 aromatic carbocycles. The number of aliphatic carboxylic acids is 1. The minimum Gasteiger partial charge on any atom is -0.481 e. The second kappa shape index (κ2) is 9.27. The predicted octanol–water partition coefficient (Wildman–Crippen LogP) is 2.44. The molecule has 0 spiro atoms. The maximum Gasteiger partial charge on any atom is 0.315 e. The van der Waals surface area contributed by atoms with Crippen LogP contribution < -0.4 is 10.6 Å². The smallest absolute Gasteiger partial charge is 0.315 e. The van der Waals surface area contributed by atoms with Crippen LogP contribution in [0.1, 0.15) is 50.1 Å². The maximum atomic E-state index is 12.3. The fourth-order valence-corrected chi connectivity index (χ4v) is 3.17. The molecular formula is C18H26N2O4. The molecule has 1 aliphatic rings. The molecule has 0 heterocycles. The van der Waals surface area contributed by atoms with E-state index < -0.39 is 5.97 Å². The van der Waals surface area contributed by atoms with Crippen molar-refractivity contribution in [3.05, 3.63) is 35.9 Å². The standard InChI is InChI=1S/C18H26N2O4/c21-12-4-7-16(13-5-2-1-3-6-13)20-18(24)19-15-10-8-14(9-11-15)17(22)23/h1-3,5-6,14-16,21H,4,7-12H2,(H,22,23)(H2,19,20,24). The summed E-state index contributed by atoms with van der Waals surface area (Å²) >= 11 is 0. The number of amides is 2. The summed E-state index contributed by atoms with van der Waals surface area (Å²) in [5.74, 6) is -1.03. The molecule has 4 N–H and O–H groups in total. The summed E-state index contributed by atoms with van der Waals surface area (Å²) in [4.78, 5) is 23.2. The Hall–Kier alpha value is -2.08. The van der Waals surface area contributed by atoms with Crippen LogP contribution in [0.5, 0.6) is 0 Å². The zero-order valence-corrected chi connectivity index (χ0v) is 13.8. The van der Waals surface area contributed by atoms with Crippen LogP contribution in [0, 0.1) is 5.92 Å². The third-order valence-electron chi connectivity index (χ3n) is 4.57. The SMILES string of the molecule is O=C(NC1CCC(C(=O)O)CC1)NC(CCCO)c1ccccc1. The lowest BCUT2D eigenvalue weighted by molar-refractivity contribution is -0.142. The highest BCUT2D eigenvalue weighted by atomic mass is 16.4. The lowest BCUT2D eigenvalue weighted by Crippen LogP contribution is -2.45. The first-order valence-electron chi connectivity index (χ1n) is 8.55. The molecule has 6 nitrogen and oxygen atoms in total. The first-order valence-corrected chi connectivity index (χ1v) is 8.55. The Morgan fingerprint density at radius 2 is 1.79 bits per heavy atom. The van der Waals surface area contributed by atoms with Crippen molar-refractivity contribution < 1.29 is 19.8 Å². The molecule has 6 heteroatoms. The predicted molar refractivity (Wildman–Crippen MR) is 90.6 cm³/mol. The molecule has 1 atom stereocenters. The van der Waals surface area contributed by atoms with Crippen LogP contribution in [0.3, 0.4) is 0 Å². The Morgan fingerprint density at radius 3 is 2.38 bits per heavy atom. The number of aliphatic hydroxyl groups excluding tert-OH is 1. The van der Waals surface area contributed by atoms with E-state index in [4.69, 9.17) is 10.2 Å². The number of carbonyl (C=O) groups excluding carboxylic acids is 1. The molecule has 0 bridgehead atoms. The lowest BCUT2D eigenvalue weighted by atomic mass is 9.86. The van der Waals surface area contributed by atoms with Crippen molar-refractivity contribution in [2.24, 2.45) is 5.92 Å². The third-order valence-corrected chi connectivity index (χ3v) is 4.57. The van der Waals surface area contributed by atoms with Gasteiger partial charge in [0.15, 0.2) is 0 Å². The van der Waals surface area contributed by atoms with Gasteiger partial charge >= 0.3 is 12.0 Å². The van der Waals surface area contributed by atoms with Gasteiger partial charge in [-0.05, 0) is 44.1 Å². The molecule has 1 fully saturated rings. The molecule has 2 amide bonds. The molecule has 2 rings (SSSR count). The monoisotopic (exact) mass is 334 g/mol. The Balaban J connectivity index is 1.85. The number of urea groups is 1. The molecule has 132 valence electrons. The van der Waals surface area contributed by atoms with Crippen molar-refractivity contribution >= 4 is 12.0 Å². The van der Waals surface area contributed by atoms with E-state index in [9.17, 15) is 9.59 Å². The number of rotatable bonds is 7. The summed E-state index contributed by atoms with van der Waals surface area (Å²) in [6.45, 7) is 0.0891. The van der Waals surface area contributed by atoms with Gasteiger partial charge in [-0.1, -0.05) is 30.3 Å². The highest BCUT2D eigenvalue weighted by Gasteiger charge is 2.27. The van der Waals surface area contributed by atoms with Crippen LogP contribution >= 0.6 is 0 Å². The van der Waals surface area contributed by atoms with Crippen molar-refractivity contribution in [1.82, 2.24) is 10.6 Å². The quantitative estimate of drug-likeness (QED) is 0.615. The topological polar surface area (TPSA) is 98.7 Å². The molecule has 24 heavy (non-hydrogen) atoms. The summed E-state index contributed by atoms with van der Waals surface area (Å²) in [5.41, 5.74) is 1.01. The van der Waals surface area contributed by atoms with Gasteiger partial charge < -0.3 is 20.8 Å². The zero-order valence-electron chi connectivity index (χ0n) is 13.8. The van der Waals surface area contributed by atoms with E-state index in [1.54, 1.807) is 0 Å². The molecule has 0 radical (unpaired) electrons. The minimum absolute atomic E-state index is 0.0230. The van der Waals surface area contributed by atoms with Gasteiger partial charge in [-0.3, -0.25) is 4.79 Å². The first-order chi connectivity index (χ1) is 11.6. The van der Waals surface area contributed by atoms with Crippen LogP contribution in [0.25, 0.3) is 0 Å². The van der Waals surface area contributed by atoms with Crippen LogP contribution in [-0.4, -0.2) is 34.9 Å². The van der Waals surface area contributed by atoms with Crippen LogP contribution in [0.15, 0.2) is 30.3 Å². The van der Waals surface area contributed by atoms with E-state index in [1.165, 1.54) is 0 Å². The van der Waals surface area contributed by atoms with E-state index in [0.717, 1.165) is 5.56 Å². The molecule has 1 unspecified atom stereocenters. The number of benzene rings is 1. The van der Waals surface area contributed by atoms with Gasteiger partial charge in [0.2, 0.25) is 0 Å². The van der Waals surface area contributed by atoms with E-state index in [-0.39, 0.29) is 30.6 Å². The Labute approximate surface area is 142 Å². The Bertz CT molecular complexity index is 527. The molecular weight excluding hydrogens is 308 g/mol.